The molecule has 1 N–H and O–H groups in total. The second-order valence-electron chi connectivity index (χ2n) is 5.27. The van der Waals surface area contributed by atoms with E-state index in [4.69, 9.17) is 4.52 Å². The van der Waals surface area contributed by atoms with Gasteiger partial charge in [0.2, 0.25) is 0 Å². The van der Waals surface area contributed by atoms with Crippen LogP contribution in [0.15, 0.2) is 28.8 Å². The maximum absolute atomic E-state index is 12.9. The van der Waals surface area contributed by atoms with Crippen LogP contribution in [-0.2, 0) is 6.42 Å². The molecule has 0 aliphatic carbocycles. The van der Waals surface area contributed by atoms with E-state index in [0.717, 1.165) is 37.3 Å². The highest BCUT2D eigenvalue weighted by Crippen LogP contribution is 2.20. The van der Waals surface area contributed by atoms with E-state index in [-0.39, 0.29) is 5.82 Å². The van der Waals surface area contributed by atoms with Crippen LogP contribution in [0.4, 0.5) is 4.39 Å². The molecule has 0 amide bonds. The quantitative estimate of drug-likeness (QED) is 0.932. The van der Waals surface area contributed by atoms with Crippen molar-refractivity contribution in [1.82, 2.24) is 15.5 Å². The van der Waals surface area contributed by atoms with Gasteiger partial charge in [-0.05, 0) is 62.5 Å². The Balaban J connectivity index is 1.60. The van der Waals surface area contributed by atoms with E-state index in [2.05, 4.69) is 15.5 Å². The van der Waals surface area contributed by atoms with E-state index in [1.165, 1.54) is 25.0 Å². The van der Waals surface area contributed by atoms with Crippen LogP contribution in [0.5, 0.6) is 0 Å². The van der Waals surface area contributed by atoms with E-state index in [9.17, 15) is 4.39 Å². The third-order valence-electron chi connectivity index (χ3n) is 3.73. The molecule has 1 aromatic heterocycles. The summed E-state index contributed by atoms with van der Waals surface area (Å²) >= 11 is 0. The Bertz CT molecular complexity index is 547. The molecule has 106 valence electrons. The zero-order chi connectivity index (χ0) is 13.8. The molecule has 1 saturated heterocycles. The largest absolute Gasteiger partial charge is 0.334 e. The number of benzene rings is 1. The Labute approximate surface area is 117 Å². The molecule has 20 heavy (non-hydrogen) atoms. The topological polar surface area (TPSA) is 51.0 Å². The summed E-state index contributed by atoms with van der Waals surface area (Å²) in [7, 11) is 0. The van der Waals surface area contributed by atoms with E-state index in [0.29, 0.717) is 11.8 Å². The lowest BCUT2D eigenvalue weighted by Gasteiger charge is -2.21. The van der Waals surface area contributed by atoms with Gasteiger partial charge in [-0.25, -0.2) is 4.39 Å². The van der Waals surface area contributed by atoms with Crippen molar-refractivity contribution in [2.45, 2.75) is 25.7 Å². The summed E-state index contributed by atoms with van der Waals surface area (Å²) in [6, 6.07) is 6.09. The van der Waals surface area contributed by atoms with Crippen molar-refractivity contribution in [1.29, 1.82) is 0 Å². The minimum absolute atomic E-state index is 0.265. The SMILES string of the molecule is Fc1ccc(-c2nc(CCC3CCCNC3)no2)cc1. The predicted octanol–water partition coefficient (Wildman–Crippen LogP) is 2.81. The van der Waals surface area contributed by atoms with Gasteiger partial charge in [0.05, 0.1) is 0 Å². The van der Waals surface area contributed by atoms with Crippen molar-refractivity contribution >= 4 is 0 Å². The molecule has 0 saturated carbocycles. The number of halogens is 1. The van der Waals surface area contributed by atoms with Gasteiger partial charge in [0, 0.05) is 12.0 Å². The van der Waals surface area contributed by atoms with Crippen LogP contribution in [0, 0.1) is 11.7 Å². The van der Waals surface area contributed by atoms with Gasteiger partial charge in [0.1, 0.15) is 5.82 Å². The van der Waals surface area contributed by atoms with Crippen LogP contribution in [0.2, 0.25) is 0 Å². The average Bonchev–Trinajstić information content (AvgIpc) is 2.96. The smallest absolute Gasteiger partial charge is 0.257 e. The maximum Gasteiger partial charge on any atom is 0.257 e. The monoisotopic (exact) mass is 275 g/mol. The molecule has 1 atom stereocenters. The lowest BCUT2D eigenvalue weighted by atomic mass is 9.95. The molecule has 3 rings (SSSR count). The summed E-state index contributed by atoms with van der Waals surface area (Å²) in [5.41, 5.74) is 0.754. The van der Waals surface area contributed by atoms with E-state index in [1.807, 2.05) is 0 Å². The number of nitrogens with zero attached hydrogens (tertiary/aromatic N) is 2. The molecule has 1 unspecified atom stereocenters. The summed E-state index contributed by atoms with van der Waals surface area (Å²) in [5.74, 6) is 1.63. The van der Waals surface area contributed by atoms with E-state index >= 15 is 0 Å². The Hall–Kier alpha value is -1.75. The highest BCUT2D eigenvalue weighted by atomic mass is 19.1. The summed E-state index contributed by atoms with van der Waals surface area (Å²) < 4.78 is 18.1. The van der Waals surface area contributed by atoms with Gasteiger partial charge in [0.15, 0.2) is 5.82 Å². The molecule has 1 fully saturated rings. The molecule has 2 aromatic rings. The van der Waals surface area contributed by atoms with Crippen LogP contribution in [0.25, 0.3) is 11.5 Å². The Morgan fingerprint density at radius 3 is 2.90 bits per heavy atom. The Morgan fingerprint density at radius 2 is 2.15 bits per heavy atom. The second-order valence-corrected chi connectivity index (χ2v) is 5.27. The van der Waals surface area contributed by atoms with Crippen molar-refractivity contribution in [3.8, 4) is 11.5 Å². The molecule has 0 bridgehead atoms. The zero-order valence-electron chi connectivity index (χ0n) is 11.3. The number of nitrogens with one attached hydrogen (secondary N) is 1. The van der Waals surface area contributed by atoms with Crippen molar-refractivity contribution in [2.24, 2.45) is 5.92 Å². The highest BCUT2D eigenvalue weighted by Gasteiger charge is 2.15. The normalized spacial score (nSPS) is 19.1. The number of hydrogen-bond donors (Lipinski definition) is 1. The van der Waals surface area contributed by atoms with Crippen LogP contribution in [0.1, 0.15) is 25.1 Å². The summed E-state index contributed by atoms with van der Waals surface area (Å²) in [6.07, 6.45) is 4.43. The summed E-state index contributed by atoms with van der Waals surface area (Å²) in [5, 5.41) is 7.41. The second kappa shape index (κ2) is 6.13. The number of aryl methyl sites for hydroxylation is 1. The van der Waals surface area contributed by atoms with Crippen LogP contribution < -0.4 is 5.32 Å². The molecule has 1 aliphatic rings. The Kier molecular flexibility index (Phi) is 4.06. The number of aromatic nitrogens is 2. The minimum Gasteiger partial charge on any atom is -0.334 e. The van der Waals surface area contributed by atoms with Gasteiger partial charge in [0.25, 0.3) is 5.89 Å². The lowest BCUT2D eigenvalue weighted by Crippen LogP contribution is -2.29. The fourth-order valence-corrected chi connectivity index (χ4v) is 2.57. The molecule has 1 aromatic carbocycles. The van der Waals surface area contributed by atoms with Crippen LogP contribution >= 0.6 is 0 Å². The van der Waals surface area contributed by atoms with Crippen molar-refractivity contribution < 1.29 is 8.91 Å². The summed E-state index contributed by atoms with van der Waals surface area (Å²) in [4.78, 5) is 4.37. The molecule has 5 heteroatoms. The summed E-state index contributed by atoms with van der Waals surface area (Å²) in [6.45, 7) is 2.22. The molecular formula is C15H18FN3O. The molecule has 1 aliphatic heterocycles. The molecule has 0 radical (unpaired) electrons. The lowest BCUT2D eigenvalue weighted by molar-refractivity contribution is 0.352. The maximum atomic E-state index is 12.9. The standard InChI is InChI=1S/C15H18FN3O/c16-13-6-4-12(5-7-13)15-18-14(19-20-15)8-3-11-2-1-9-17-10-11/h4-7,11,17H,1-3,8-10H2. The first-order valence-corrected chi connectivity index (χ1v) is 7.10. The number of rotatable bonds is 4. The molecular weight excluding hydrogens is 257 g/mol. The van der Waals surface area contributed by atoms with Gasteiger partial charge in [-0.2, -0.15) is 4.98 Å². The molecule has 4 nitrogen and oxygen atoms in total. The first kappa shape index (κ1) is 13.2. The predicted molar refractivity (Wildman–Crippen MR) is 73.6 cm³/mol. The van der Waals surface area contributed by atoms with Gasteiger partial charge >= 0.3 is 0 Å². The van der Waals surface area contributed by atoms with Crippen molar-refractivity contribution in [3.05, 3.63) is 35.9 Å². The Morgan fingerprint density at radius 1 is 1.30 bits per heavy atom. The first-order chi connectivity index (χ1) is 9.81. The fourth-order valence-electron chi connectivity index (χ4n) is 2.57. The van der Waals surface area contributed by atoms with E-state index < -0.39 is 0 Å². The zero-order valence-corrected chi connectivity index (χ0v) is 11.3. The number of piperidine rings is 1. The van der Waals surface area contributed by atoms with Gasteiger partial charge in [-0.3, -0.25) is 0 Å². The molecule has 0 spiro atoms. The van der Waals surface area contributed by atoms with Gasteiger partial charge in [-0.1, -0.05) is 5.16 Å². The third kappa shape index (κ3) is 3.22. The fraction of sp³-hybridized carbons (Fsp3) is 0.467. The average molecular weight is 275 g/mol. The highest BCUT2D eigenvalue weighted by molar-refractivity contribution is 5.52. The number of hydrogen-bond acceptors (Lipinski definition) is 4. The van der Waals surface area contributed by atoms with Gasteiger partial charge in [-0.15, -0.1) is 0 Å². The van der Waals surface area contributed by atoms with E-state index in [1.54, 1.807) is 12.1 Å². The van der Waals surface area contributed by atoms with Crippen LogP contribution in [0.3, 0.4) is 0 Å². The van der Waals surface area contributed by atoms with Crippen molar-refractivity contribution in [2.75, 3.05) is 13.1 Å². The van der Waals surface area contributed by atoms with Crippen LogP contribution in [-0.4, -0.2) is 23.2 Å². The third-order valence-corrected chi connectivity index (χ3v) is 3.73. The molecule has 2 heterocycles. The first-order valence-electron chi connectivity index (χ1n) is 7.10. The van der Waals surface area contributed by atoms with Crippen molar-refractivity contribution in [3.63, 3.8) is 0 Å². The minimum atomic E-state index is -0.265. The van der Waals surface area contributed by atoms with Gasteiger partial charge < -0.3 is 9.84 Å².